The van der Waals surface area contributed by atoms with Gasteiger partial charge in [0.05, 0.1) is 16.0 Å². The van der Waals surface area contributed by atoms with Crippen LogP contribution in [-0.2, 0) is 14.8 Å². The second-order valence-corrected chi connectivity index (χ2v) is 9.43. The number of hydrogen-bond acceptors (Lipinski definition) is 5. The molecule has 1 aliphatic rings. The number of aryl methyl sites for hydroxylation is 1. The fourth-order valence-electron chi connectivity index (χ4n) is 3.15. The van der Waals surface area contributed by atoms with Crippen LogP contribution in [0, 0.1) is 6.92 Å². The molecule has 0 aromatic heterocycles. The van der Waals surface area contributed by atoms with Crippen LogP contribution in [0.5, 0.6) is 0 Å². The third-order valence-corrected chi connectivity index (χ3v) is 6.66. The zero-order valence-corrected chi connectivity index (χ0v) is 17.8. The van der Waals surface area contributed by atoms with Gasteiger partial charge in [-0.15, -0.1) is 0 Å². The Hall–Kier alpha value is -3.04. The maximum Gasteiger partial charge on any atom is 0.261 e. The number of nitrogens with zero attached hydrogens (tertiary/aromatic N) is 2. The molecule has 3 rings (SSSR count). The van der Waals surface area contributed by atoms with Crippen LogP contribution in [0.2, 0.25) is 0 Å². The molecular weight excluding hydrogens is 406 g/mol. The molecule has 0 atom stereocenters. The van der Waals surface area contributed by atoms with Crippen LogP contribution in [0.3, 0.4) is 0 Å². The van der Waals surface area contributed by atoms with Crippen molar-refractivity contribution in [1.29, 1.82) is 0 Å². The number of anilines is 1. The Morgan fingerprint density at radius 3 is 2.27 bits per heavy atom. The lowest BCUT2D eigenvalue weighted by atomic mass is 10.1. The number of fused-ring (bicyclic) bond motifs is 1. The predicted octanol–water partition coefficient (Wildman–Crippen LogP) is 2.26. The van der Waals surface area contributed by atoms with E-state index in [0.29, 0.717) is 23.2 Å². The molecule has 0 fully saturated rings. The number of hydrogen-bond donors (Lipinski definition) is 1. The molecular formula is C21H23N3O5S. The summed E-state index contributed by atoms with van der Waals surface area (Å²) >= 11 is 0. The van der Waals surface area contributed by atoms with Gasteiger partial charge in [-0.1, -0.05) is 11.6 Å². The zero-order chi connectivity index (χ0) is 22.1. The summed E-state index contributed by atoms with van der Waals surface area (Å²) in [6.07, 6.45) is 0.438. The molecule has 0 radical (unpaired) electrons. The summed E-state index contributed by atoms with van der Waals surface area (Å²) in [4.78, 5) is 38.3. The third kappa shape index (κ3) is 4.27. The molecule has 30 heavy (non-hydrogen) atoms. The van der Waals surface area contributed by atoms with Crippen LogP contribution < -0.4 is 5.32 Å². The Morgan fingerprint density at radius 2 is 1.63 bits per heavy atom. The van der Waals surface area contributed by atoms with Crippen LogP contribution in [0.15, 0.2) is 47.4 Å². The minimum absolute atomic E-state index is 0.115. The van der Waals surface area contributed by atoms with E-state index < -0.39 is 10.0 Å². The Kier molecular flexibility index (Phi) is 6.04. The van der Waals surface area contributed by atoms with Crippen molar-refractivity contribution in [3.8, 4) is 0 Å². The maximum absolute atomic E-state index is 12.4. The van der Waals surface area contributed by atoms with Crippen molar-refractivity contribution in [1.82, 2.24) is 9.21 Å². The van der Waals surface area contributed by atoms with Crippen molar-refractivity contribution < 1.29 is 22.8 Å². The van der Waals surface area contributed by atoms with Gasteiger partial charge in [0.1, 0.15) is 0 Å². The number of benzene rings is 2. The number of imide groups is 1. The minimum Gasteiger partial charge on any atom is -0.326 e. The first kappa shape index (κ1) is 21.7. The van der Waals surface area contributed by atoms with Gasteiger partial charge in [0, 0.05) is 32.7 Å². The number of sulfonamides is 1. The van der Waals surface area contributed by atoms with Crippen LogP contribution >= 0.6 is 0 Å². The molecule has 1 heterocycles. The molecule has 2 aromatic rings. The molecule has 3 amide bonds. The average molecular weight is 429 g/mol. The summed E-state index contributed by atoms with van der Waals surface area (Å²) in [6.45, 7) is 2.01. The lowest BCUT2D eigenvalue weighted by molar-refractivity contribution is -0.116. The highest BCUT2D eigenvalue weighted by atomic mass is 32.2. The van der Waals surface area contributed by atoms with Gasteiger partial charge in [0.15, 0.2) is 0 Å². The largest absolute Gasteiger partial charge is 0.326 e. The highest BCUT2D eigenvalue weighted by Crippen LogP contribution is 2.24. The normalized spacial score (nSPS) is 13.7. The van der Waals surface area contributed by atoms with E-state index in [4.69, 9.17) is 0 Å². The zero-order valence-electron chi connectivity index (χ0n) is 17.0. The van der Waals surface area contributed by atoms with Gasteiger partial charge in [0.2, 0.25) is 15.9 Å². The first-order valence-corrected chi connectivity index (χ1v) is 10.8. The molecule has 0 unspecified atom stereocenters. The van der Waals surface area contributed by atoms with Gasteiger partial charge >= 0.3 is 0 Å². The maximum atomic E-state index is 12.4. The SMILES string of the molecule is Cc1ccc2c(c1)C(=O)N(CCCC(=O)Nc1ccc(S(=O)(=O)N(C)C)cc1)C2=O. The standard InChI is InChI=1S/C21H23N3O5S/c1-14-6-11-17-18(13-14)21(27)24(20(17)26)12-4-5-19(25)22-15-7-9-16(10-8-15)30(28,29)23(2)3/h6-11,13H,4-5,12H2,1-3H3,(H,22,25). The lowest BCUT2D eigenvalue weighted by Gasteiger charge is -2.14. The Labute approximate surface area is 175 Å². The second-order valence-electron chi connectivity index (χ2n) is 7.27. The molecule has 0 spiro atoms. The fraction of sp³-hybridized carbons (Fsp3) is 0.286. The van der Waals surface area contributed by atoms with Crippen LogP contribution in [0.1, 0.15) is 39.1 Å². The van der Waals surface area contributed by atoms with Gasteiger partial charge < -0.3 is 5.32 Å². The van der Waals surface area contributed by atoms with E-state index in [0.717, 1.165) is 14.8 Å². The average Bonchev–Trinajstić information content (AvgIpc) is 2.92. The van der Waals surface area contributed by atoms with Crippen molar-refractivity contribution in [2.24, 2.45) is 0 Å². The highest BCUT2D eigenvalue weighted by molar-refractivity contribution is 7.89. The highest BCUT2D eigenvalue weighted by Gasteiger charge is 2.34. The summed E-state index contributed by atoms with van der Waals surface area (Å²) < 4.78 is 25.2. The number of amides is 3. The van der Waals surface area contributed by atoms with Crippen molar-refractivity contribution in [2.75, 3.05) is 26.0 Å². The van der Waals surface area contributed by atoms with E-state index in [1.54, 1.807) is 18.2 Å². The smallest absolute Gasteiger partial charge is 0.261 e. The lowest BCUT2D eigenvalue weighted by Crippen LogP contribution is -2.31. The van der Waals surface area contributed by atoms with Crippen LogP contribution in [0.25, 0.3) is 0 Å². The third-order valence-electron chi connectivity index (χ3n) is 4.83. The van der Waals surface area contributed by atoms with Gasteiger partial charge in [-0.25, -0.2) is 12.7 Å². The predicted molar refractivity (Wildman–Crippen MR) is 112 cm³/mol. The summed E-state index contributed by atoms with van der Waals surface area (Å²) in [5, 5.41) is 2.69. The summed E-state index contributed by atoms with van der Waals surface area (Å²) in [6, 6.07) is 11.0. The molecule has 8 nitrogen and oxygen atoms in total. The van der Waals surface area contributed by atoms with E-state index in [1.165, 1.54) is 38.4 Å². The molecule has 0 saturated heterocycles. The fourth-order valence-corrected chi connectivity index (χ4v) is 4.05. The monoisotopic (exact) mass is 429 g/mol. The van der Waals surface area contributed by atoms with Crippen molar-refractivity contribution in [3.05, 3.63) is 59.2 Å². The summed E-state index contributed by atoms with van der Waals surface area (Å²) in [5.74, 6) is -0.962. The summed E-state index contributed by atoms with van der Waals surface area (Å²) in [5.41, 5.74) is 2.16. The number of nitrogens with one attached hydrogen (secondary N) is 1. The second kappa shape index (κ2) is 8.37. The van der Waals surface area contributed by atoms with Crippen molar-refractivity contribution in [2.45, 2.75) is 24.7 Å². The van der Waals surface area contributed by atoms with Gasteiger partial charge in [-0.2, -0.15) is 0 Å². The van der Waals surface area contributed by atoms with E-state index >= 15 is 0 Å². The first-order valence-electron chi connectivity index (χ1n) is 9.40. The van der Waals surface area contributed by atoms with Crippen LogP contribution in [0.4, 0.5) is 5.69 Å². The molecule has 2 aromatic carbocycles. The number of carbonyl (C=O) groups excluding carboxylic acids is 3. The van der Waals surface area contributed by atoms with Gasteiger partial charge in [-0.3, -0.25) is 19.3 Å². The molecule has 158 valence electrons. The van der Waals surface area contributed by atoms with E-state index in [9.17, 15) is 22.8 Å². The Morgan fingerprint density at radius 1 is 1.00 bits per heavy atom. The van der Waals surface area contributed by atoms with E-state index in [-0.39, 0.29) is 35.6 Å². The molecule has 9 heteroatoms. The Bertz CT molecular complexity index is 1110. The van der Waals surface area contributed by atoms with Gasteiger partial charge in [-0.05, 0) is 49.7 Å². The topological polar surface area (TPSA) is 104 Å². The number of rotatable bonds is 7. The molecule has 1 N–H and O–H groups in total. The van der Waals surface area contributed by atoms with E-state index in [2.05, 4.69) is 5.32 Å². The minimum atomic E-state index is -3.53. The van der Waals surface area contributed by atoms with Crippen molar-refractivity contribution in [3.63, 3.8) is 0 Å². The van der Waals surface area contributed by atoms with Crippen LogP contribution in [-0.4, -0.2) is 56.0 Å². The van der Waals surface area contributed by atoms with Crippen molar-refractivity contribution >= 4 is 33.4 Å². The Balaban J connectivity index is 1.53. The molecule has 1 aliphatic heterocycles. The van der Waals surface area contributed by atoms with Gasteiger partial charge in [0.25, 0.3) is 11.8 Å². The first-order chi connectivity index (χ1) is 14.1. The molecule has 0 aliphatic carbocycles. The number of carbonyl (C=O) groups is 3. The quantitative estimate of drug-likeness (QED) is 0.680. The summed E-state index contributed by atoms with van der Waals surface area (Å²) in [7, 11) is -0.640. The van der Waals surface area contributed by atoms with E-state index in [1.807, 2.05) is 6.92 Å². The molecule has 0 saturated carbocycles. The molecule has 0 bridgehead atoms.